The third-order valence-electron chi connectivity index (χ3n) is 3.33. The van der Waals surface area contributed by atoms with Crippen LogP contribution in [0.15, 0.2) is 47.6 Å². The Morgan fingerprint density at radius 1 is 1.15 bits per heavy atom. The summed E-state index contributed by atoms with van der Waals surface area (Å²) < 4.78 is 12.9. The highest BCUT2D eigenvalue weighted by molar-refractivity contribution is 7.98. The van der Waals surface area contributed by atoms with Gasteiger partial charge in [0.15, 0.2) is 11.5 Å². The number of fused-ring (bicyclic) bond motifs is 2. The number of imidazole rings is 1. The van der Waals surface area contributed by atoms with Gasteiger partial charge >= 0.3 is 0 Å². The molecule has 0 saturated heterocycles. The van der Waals surface area contributed by atoms with E-state index >= 15 is 0 Å². The van der Waals surface area contributed by atoms with Crippen LogP contribution in [0.1, 0.15) is 0 Å². The molecule has 20 heavy (non-hydrogen) atoms. The average Bonchev–Trinajstić information content (AvgIpc) is 3.10. The Bertz CT molecular complexity index is 798. The molecule has 1 aliphatic rings. The van der Waals surface area contributed by atoms with Crippen LogP contribution in [0, 0.1) is 0 Å². The van der Waals surface area contributed by atoms with Gasteiger partial charge in [0.2, 0.25) is 6.79 Å². The molecule has 0 atom stereocenters. The third kappa shape index (κ3) is 1.67. The highest BCUT2D eigenvalue weighted by Crippen LogP contribution is 2.38. The Morgan fingerprint density at radius 3 is 2.95 bits per heavy atom. The van der Waals surface area contributed by atoms with E-state index in [1.165, 1.54) is 0 Å². The minimum absolute atomic E-state index is 0.291. The van der Waals surface area contributed by atoms with Crippen molar-refractivity contribution in [1.82, 2.24) is 9.38 Å². The van der Waals surface area contributed by atoms with Crippen LogP contribution in [0.5, 0.6) is 11.5 Å². The first-order valence-corrected chi connectivity index (χ1v) is 7.50. The zero-order valence-corrected chi connectivity index (χ0v) is 11.7. The summed E-state index contributed by atoms with van der Waals surface area (Å²) in [5.74, 6) is 1.58. The Morgan fingerprint density at radius 2 is 2.05 bits per heavy atom. The summed E-state index contributed by atoms with van der Waals surface area (Å²) >= 11 is 1.69. The van der Waals surface area contributed by atoms with Gasteiger partial charge in [-0.1, -0.05) is 6.07 Å². The van der Waals surface area contributed by atoms with Crippen molar-refractivity contribution in [3.63, 3.8) is 0 Å². The molecule has 1 aliphatic heterocycles. The quantitative estimate of drug-likeness (QED) is 0.675. The highest BCUT2D eigenvalue weighted by Gasteiger charge is 2.18. The predicted molar refractivity (Wildman–Crippen MR) is 78.5 cm³/mol. The van der Waals surface area contributed by atoms with Gasteiger partial charge in [0.05, 0.1) is 0 Å². The molecule has 0 radical (unpaired) electrons. The lowest BCUT2D eigenvalue weighted by atomic mass is 10.1. The average molecular weight is 284 g/mol. The van der Waals surface area contributed by atoms with Crippen molar-refractivity contribution in [2.45, 2.75) is 5.03 Å². The number of benzene rings is 1. The van der Waals surface area contributed by atoms with E-state index in [-0.39, 0.29) is 0 Å². The summed E-state index contributed by atoms with van der Waals surface area (Å²) in [5, 5.41) is 1.12. The molecule has 0 bridgehead atoms. The van der Waals surface area contributed by atoms with Crippen LogP contribution in [0.2, 0.25) is 0 Å². The monoisotopic (exact) mass is 284 g/mol. The smallest absolute Gasteiger partial charge is 0.231 e. The number of rotatable bonds is 2. The number of thioether (sulfide) groups is 1. The van der Waals surface area contributed by atoms with E-state index in [1.807, 2.05) is 42.6 Å². The van der Waals surface area contributed by atoms with Crippen LogP contribution < -0.4 is 9.47 Å². The zero-order chi connectivity index (χ0) is 13.5. The van der Waals surface area contributed by atoms with Gasteiger partial charge in [-0.2, -0.15) is 0 Å². The standard InChI is InChI=1S/C15H12N2O2S/c1-20-15-14(16-13-4-2-3-7-17(13)15)10-5-6-11-12(8-10)19-9-18-11/h2-8H,9H2,1H3. The van der Waals surface area contributed by atoms with Crippen LogP contribution in [0.4, 0.5) is 0 Å². The molecule has 4 rings (SSSR count). The van der Waals surface area contributed by atoms with Crippen LogP contribution >= 0.6 is 11.8 Å². The number of hydrogen-bond donors (Lipinski definition) is 0. The first-order chi connectivity index (χ1) is 9.86. The van der Waals surface area contributed by atoms with Gasteiger partial charge < -0.3 is 9.47 Å². The van der Waals surface area contributed by atoms with E-state index < -0.39 is 0 Å². The largest absolute Gasteiger partial charge is 0.454 e. The second-order valence-electron chi connectivity index (χ2n) is 4.47. The molecule has 3 aromatic rings. The Balaban J connectivity index is 1.93. The maximum atomic E-state index is 5.44. The summed E-state index contributed by atoms with van der Waals surface area (Å²) in [5.41, 5.74) is 2.97. The van der Waals surface area contributed by atoms with Crippen molar-refractivity contribution in [3.8, 4) is 22.8 Å². The van der Waals surface area contributed by atoms with E-state index in [1.54, 1.807) is 11.8 Å². The predicted octanol–water partition coefficient (Wildman–Crippen LogP) is 3.45. The van der Waals surface area contributed by atoms with Gasteiger partial charge in [-0.15, -0.1) is 11.8 Å². The van der Waals surface area contributed by atoms with Crippen molar-refractivity contribution in [1.29, 1.82) is 0 Å². The summed E-state index contributed by atoms with van der Waals surface area (Å²) in [6, 6.07) is 12.0. The van der Waals surface area contributed by atoms with Gasteiger partial charge in [0.25, 0.3) is 0 Å². The van der Waals surface area contributed by atoms with Crippen molar-refractivity contribution in [2.75, 3.05) is 13.0 Å². The van der Waals surface area contributed by atoms with Crippen LogP contribution in [-0.4, -0.2) is 22.4 Å². The van der Waals surface area contributed by atoms with Gasteiger partial charge in [0.1, 0.15) is 16.4 Å². The topological polar surface area (TPSA) is 35.8 Å². The Labute approximate surface area is 120 Å². The number of aromatic nitrogens is 2. The minimum Gasteiger partial charge on any atom is -0.454 e. The maximum absolute atomic E-state index is 5.44. The van der Waals surface area contributed by atoms with Gasteiger partial charge in [0, 0.05) is 11.8 Å². The first-order valence-electron chi connectivity index (χ1n) is 6.28. The molecular weight excluding hydrogens is 272 g/mol. The molecule has 0 unspecified atom stereocenters. The molecule has 100 valence electrons. The Kier molecular flexibility index (Phi) is 2.60. The van der Waals surface area contributed by atoms with Crippen LogP contribution in [-0.2, 0) is 0 Å². The molecule has 0 saturated carbocycles. The van der Waals surface area contributed by atoms with Gasteiger partial charge in [-0.3, -0.25) is 4.40 Å². The molecule has 0 spiro atoms. The van der Waals surface area contributed by atoms with Crippen molar-refractivity contribution in [2.24, 2.45) is 0 Å². The van der Waals surface area contributed by atoms with Crippen LogP contribution in [0.25, 0.3) is 16.9 Å². The molecule has 5 heteroatoms. The summed E-state index contributed by atoms with van der Waals surface area (Å²) in [7, 11) is 0. The minimum atomic E-state index is 0.291. The van der Waals surface area contributed by atoms with Crippen molar-refractivity contribution < 1.29 is 9.47 Å². The van der Waals surface area contributed by atoms with E-state index in [2.05, 4.69) is 10.7 Å². The number of pyridine rings is 1. The van der Waals surface area contributed by atoms with Gasteiger partial charge in [-0.25, -0.2) is 4.98 Å². The lowest BCUT2D eigenvalue weighted by Gasteiger charge is -2.03. The number of ether oxygens (including phenoxy) is 2. The SMILES string of the molecule is CSc1c(-c2ccc3c(c2)OCO3)nc2ccccn12. The fourth-order valence-electron chi connectivity index (χ4n) is 2.40. The lowest BCUT2D eigenvalue weighted by Crippen LogP contribution is -1.92. The summed E-state index contributed by atoms with van der Waals surface area (Å²) in [6.45, 7) is 0.291. The summed E-state index contributed by atoms with van der Waals surface area (Å²) in [6.07, 6.45) is 4.09. The zero-order valence-electron chi connectivity index (χ0n) is 10.9. The molecular formula is C15H12N2O2S. The first kappa shape index (κ1) is 11.7. The molecule has 0 amide bonds. The van der Waals surface area contributed by atoms with E-state index in [9.17, 15) is 0 Å². The fourth-order valence-corrected chi connectivity index (χ4v) is 3.11. The molecule has 2 aromatic heterocycles. The highest BCUT2D eigenvalue weighted by atomic mass is 32.2. The molecule has 0 aliphatic carbocycles. The Hall–Kier alpha value is -2.14. The van der Waals surface area contributed by atoms with Gasteiger partial charge in [-0.05, 0) is 36.6 Å². The molecule has 4 nitrogen and oxygen atoms in total. The van der Waals surface area contributed by atoms with E-state index in [0.717, 1.165) is 33.4 Å². The lowest BCUT2D eigenvalue weighted by molar-refractivity contribution is 0.174. The maximum Gasteiger partial charge on any atom is 0.231 e. The third-order valence-corrected chi connectivity index (χ3v) is 4.10. The molecule has 0 fully saturated rings. The molecule has 1 aromatic carbocycles. The van der Waals surface area contributed by atoms with Crippen LogP contribution in [0.3, 0.4) is 0 Å². The second kappa shape index (κ2) is 4.45. The normalized spacial score (nSPS) is 13.1. The summed E-state index contributed by atoms with van der Waals surface area (Å²) in [4.78, 5) is 4.72. The second-order valence-corrected chi connectivity index (χ2v) is 5.26. The van der Waals surface area contributed by atoms with E-state index in [0.29, 0.717) is 6.79 Å². The molecule has 3 heterocycles. The number of nitrogens with zero attached hydrogens (tertiary/aromatic N) is 2. The van der Waals surface area contributed by atoms with E-state index in [4.69, 9.17) is 14.5 Å². The van der Waals surface area contributed by atoms with Crippen molar-refractivity contribution >= 4 is 17.4 Å². The fraction of sp³-hybridized carbons (Fsp3) is 0.133. The number of hydrogen-bond acceptors (Lipinski definition) is 4. The molecule has 0 N–H and O–H groups in total. The van der Waals surface area contributed by atoms with Crippen molar-refractivity contribution in [3.05, 3.63) is 42.6 Å².